The van der Waals surface area contributed by atoms with Crippen LogP contribution in [0.5, 0.6) is 0 Å². The van der Waals surface area contributed by atoms with E-state index >= 15 is 0 Å². The number of hydrogen-bond donors (Lipinski definition) is 0. The van der Waals surface area contributed by atoms with Crippen molar-refractivity contribution in [1.82, 2.24) is 0 Å². The number of hydrogen-bond acceptors (Lipinski definition) is 0. The first-order valence-electron chi connectivity index (χ1n) is 7.55. The van der Waals surface area contributed by atoms with Crippen LogP contribution in [0.3, 0.4) is 0 Å². The summed E-state index contributed by atoms with van der Waals surface area (Å²) in [5, 5.41) is 0. The molecule has 0 aromatic heterocycles. The third kappa shape index (κ3) is 1.75. The number of allylic oxidation sites excluding steroid dienone is 2. The Morgan fingerprint density at radius 3 is 2.25 bits per heavy atom. The SMILES string of the molecule is CCCC1=C(C)C(C)(c2ccccc2)c2ccccc21. The Balaban J connectivity index is 2.26. The Kier molecular flexibility index (Phi) is 3.25. The molecule has 0 N–H and O–H groups in total. The largest absolute Gasteiger partial charge is 0.0651 e. The van der Waals surface area contributed by atoms with Crippen LogP contribution in [-0.2, 0) is 5.41 Å². The van der Waals surface area contributed by atoms with Gasteiger partial charge in [-0.3, -0.25) is 0 Å². The van der Waals surface area contributed by atoms with Crippen molar-refractivity contribution in [2.45, 2.75) is 39.0 Å². The lowest BCUT2D eigenvalue weighted by molar-refractivity contribution is 0.689. The molecule has 0 amide bonds. The fraction of sp³-hybridized carbons (Fsp3) is 0.300. The van der Waals surface area contributed by atoms with Crippen LogP contribution in [-0.4, -0.2) is 0 Å². The zero-order chi connectivity index (χ0) is 14.2. The maximum absolute atomic E-state index is 2.37. The highest BCUT2D eigenvalue weighted by Crippen LogP contribution is 2.51. The zero-order valence-corrected chi connectivity index (χ0v) is 12.6. The average molecular weight is 262 g/mol. The van der Waals surface area contributed by atoms with Gasteiger partial charge in [-0.1, -0.05) is 73.5 Å². The molecule has 0 bridgehead atoms. The van der Waals surface area contributed by atoms with Crippen LogP contribution >= 0.6 is 0 Å². The smallest absolute Gasteiger partial charge is 0.0392 e. The highest BCUT2D eigenvalue weighted by Gasteiger charge is 2.39. The minimum Gasteiger partial charge on any atom is -0.0651 e. The minimum absolute atomic E-state index is 0.0301. The molecule has 0 heteroatoms. The van der Waals surface area contributed by atoms with E-state index in [4.69, 9.17) is 0 Å². The second-order valence-corrected chi connectivity index (χ2v) is 5.89. The van der Waals surface area contributed by atoms with Crippen LogP contribution in [0.15, 0.2) is 60.2 Å². The number of rotatable bonds is 3. The molecule has 2 aromatic carbocycles. The molecule has 0 aliphatic heterocycles. The molecule has 3 rings (SSSR count). The van der Waals surface area contributed by atoms with Gasteiger partial charge in [0.05, 0.1) is 0 Å². The first kappa shape index (κ1) is 13.2. The predicted octanol–water partition coefficient (Wildman–Crippen LogP) is 5.58. The summed E-state index contributed by atoms with van der Waals surface area (Å²) in [5.41, 5.74) is 7.42. The molecule has 1 unspecified atom stereocenters. The maximum atomic E-state index is 2.37. The number of fused-ring (bicyclic) bond motifs is 1. The van der Waals surface area contributed by atoms with E-state index in [1.165, 1.54) is 35.1 Å². The Morgan fingerprint density at radius 2 is 1.55 bits per heavy atom. The van der Waals surface area contributed by atoms with Gasteiger partial charge < -0.3 is 0 Å². The number of benzene rings is 2. The molecule has 1 atom stereocenters. The average Bonchev–Trinajstić information content (AvgIpc) is 2.72. The zero-order valence-electron chi connectivity index (χ0n) is 12.6. The Bertz CT molecular complexity index is 649. The molecule has 0 fully saturated rings. The minimum atomic E-state index is 0.0301. The lowest BCUT2D eigenvalue weighted by Gasteiger charge is -2.29. The molecular formula is C20H22. The summed E-state index contributed by atoms with van der Waals surface area (Å²) in [4.78, 5) is 0. The molecule has 0 nitrogen and oxygen atoms in total. The lowest BCUT2D eigenvalue weighted by Crippen LogP contribution is -2.22. The van der Waals surface area contributed by atoms with Crippen LogP contribution in [0.25, 0.3) is 5.57 Å². The summed E-state index contributed by atoms with van der Waals surface area (Å²) < 4.78 is 0. The van der Waals surface area contributed by atoms with Gasteiger partial charge in [-0.2, -0.15) is 0 Å². The van der Waals surface area contributed by atoms with Gasteiger partial charge in [-0.05, 0) is 42.5 Å². The quantitative estimate of drug-likeness (QED) is 0.677. The van der Waals surface area contributed by atoms with Crippen LogP contribution in [0.2, 0.25) is 0 Å². The van der Waals surface area contributed by atoms with Gasteiger partial charge in [0.2, 0.25) is 0 Å². The Labute approximate surface area is 122 Å². The van der Waals surface area contributed by atoms with Gasteiger partial charge >= 0.3 is 0 Å². The molecule has 0 heterocycles. The van der Waals surface area contributed by atoms with Crippen molar-refractivity contribution in [2.24, 2.45) is 0 Å². The molecule has 0 radical (unpaired) electrons. The molecule has 0 saturated heterocycles. The molecule has 102 valence electrons. The van der Waals surface area contributed by atoms with E-state index in [-0.39, 0.29) is 5.41 Å². The summed E-state index contributed by atoms with van der Waals surface area (Å²) in [6.45, 7) is 6.96. The predicted molar refractivity (Wildman–Crippen MR) is 86.8 cm³/mol. The highest BCUT2D eigenvalue weighted by atomic mass is 14.4. The van der Waals surface area contributed by atoms with E-state index in [2.05, 4.69) is 75.4 Å². The van der Waals surface area contributed by atoms with Crippen molar-refractivity contribution in [3.05, 3.63) is 76.9 Å². The summed E-state index contributed by atoms with van der Waals surface area (Å²) in [6, 6.07) is 19.8. The summed E-state index contributed by atoms with van der Waals surface area (Å²) in [5.74, 6) is 0. The van der Waals surface area contributed by atoms with E-state index in [0.29, 0.717) is 0 Å². The van der Waals surface area contributed by atoms with Crippen molar-refractivity contribution in [3.63, 3.8) is 0 Å². The van der Waals surface area contributed by atoms with Crippen molar-refractivity contribution in [3.8, 4) is 0 Å². The monoisotopic (exact) mass is 262 g/mol. The third-order valence-electron chi connectivity index (χ3n) is 4.84. The first-order valence-corrected chi connectivity index (χ1v) is 7.55. The molecule has 2 aromatic rings. The van der Waals surface area contributed by atoms with Gasteiger partial charge in [0, 0.05) is 5.41 Å². The van der Waals surface area contributed by atoms with Crippen LogP contribution in [0.4, 0.5) is 0 Å². The summed E-state index contributed by atoms with van der Waals surface area (Å²) >= 11 is 0. The third-order valence-corrected chi connectivity index (χ3v) is 4.84. The van der Waals surface area contributed by atoms with Crippen LogP contribution in [0, 0.1) is 0 Å². The Hall–Kier alpha value is -1.82. The Morgan fingerprint density at radius 1 is 0.900 bits per heavy atom. The van der Waals surface area contributed by atoms with E-state index in [9.17, 15) is 0 Å². The second kappa shape index (κ2) is 4.94. The fourth-order valence-electron chi connectivity index (χ4n) is 3.60. The first-order chi connectivity index (χ1) is 9.69. The maximum Gasteiger partial charge on any atom is 0.0392 e. The van der Waals surface area contributed by atoms with Crippen molar-refractivity contribution < 1.29 is 0 Å². The van der Waals surface area contributed by atoms with Gasteiger partial charge in [0.1, 0.15) is 0 Å². The molecule has 1 aliphatic rings. The van der Waals surface area contributed by atoms with Crippen molar-refractivity contribution in [1.29, 1.82) is 0 Å². The highest BCUT2D eigenvalue weighted by molar-refractivity contribution is 5.82. The molecule has 1 aliphatic carbocycles. The molecule has 0 saturated carbocycles. The summed E-state index contributed by atoms with van der Waals surface area (Å²) in [6.07, 6.45) is 2.37. The van der Waals surface area contributed by atoms with Crippen LogP contribution < -0.4 is 0 Å². The van der Waals surface area contributed by atoms with E-state index in [0.717, 1.165) is 0 Å². The lowest BCUT2D eigenvalue weighted by atomic mass is 9.74. The molecule has 0 spiro atoms. The standard InChI is InChI=1S/C20H22/c1-4-10-17-15(2)20(3,16-11-6-5-7-12-16)19-14-9-8-13-18(17)19/h5-9,11-14H,4,10H2,1-3H3. The van der Waals surface area contributed by atoms with Crippen molar-refractivity contribution >= 4 is 5.57 Å². The second-order valence-electron chi connectivity index (χ2n) is 5.89. The van der Waals surface area contributed by atoms with Gasteiger partial charge in [-0.25, -0.2) is 0 Å². The normalized spacial score (nSPS) is 21.1. The van der Waals surface area contributed by atoms with Gasteiger partial charge in [-0.15, -0.1) is 0 Å². The molecular weight excluding hydrogens is 240 g/mol. The van der Waals surface area contributed by atoms with Gasteiger partial charge in [0.25, 0.3) is 0 Å². The van der Waals surface area contributed by atoms with E-state index in [1.54, 1.807) is 5.57 Å². The summed E-state index contributed by atoms with van der Waals surface area (Å²) in [7, 11) is 0. The fourth-order valence-corrected chi connectivity index (χ4v) is 3.60. The molecule has 20 heavy (non-hydrogen) atoms. The van der Waals surface area contributed by atoms with E-state index < -0.39 is 0 Å². The van der Waals surface area contributed by atoms with Gasteiger partial charge in [0.15, 0.2) is 0 Å². The van der Waals surface area contributed by atoms with Crippen molar-refractivity contribution in [2.75, 3.05) is 0 Å². The van der Waals surface area contributed by atoms with Crippen LogP contribution in [0.1, 0.15) is 50.3 Å². The van der Waals surface area contributed by atoms with E-state index in [1.807, 2.05) is 0 Å². The topological polar surface area (TPSA) is 0 Å².